The van der Waals surface area contributed by atoms with Gasteiger partial charge in [-0.2, -0.15) is 0 Å². The van der Waals surface area contributed by atoms with Crippen molar-refractivity contribution in [2.24, 2.45) is 0 Å². The van der Waals surface area contributed by atoms with Gasteiger partial charge in [-0.15, -0.1) is 11.3 Å². The summed E-state index contributed by atoms with van der Waals surface area (Å²) in [6.07, 6.45) is 3.81. The molecule has 206 valence electrons. The second-order valence-electron chi connectivity index (χ2n) is 10.3. The predicted octanol–water partition coefficient (Wildman–Crippen LogP) is 4.25. The van der Waals surface area contributed by atoms with Crippen LogP contribution >= 0.6 is 11.3 Å². The Bertz CT molecular complexity index is 1630. The summed E-state index contributed by atoms with van der Waals surface area (Å²) in [7, 11) is 0. The number of hydrogen-bond acceptors (Lipinski definition) is 8. The number of nitrogens with zero attached hydrogens (tertiary/aromatic N) is 3. The predicted molar refractivity (Wildman–Crippen MR) is 146 cm³/mol. The molecule has 0 unspecified atom stereocenters. The average Bonchev–Trinajstić information content (AvgIpc) is 3.55. The van der Waals surface area contributed by atoms with E-state index >= 15 is 0 Å². The van der Waals surface area contributed by atoms with E-state index in [9.17, 15) is 19.5 Å². The molecule has 10 nitrogen and oxygen atoms in total. The SMILES string of the molecule is Cc1ccccc1[C@H](Cn1c(=O)n(C(C)(C)C(=O)O)c(=O)c2c(C)c(-c3ncco3)sc21)OC1CCOCC1. The lowest BCUT2D eigenvalue weighted by Crippen LogP contribution is -2.52. The van der Waals surface area contributed by atoms with Gasteiger partial charge in [0.1, 0.15) is 22.7 Å². The average molecular weight is 554 g/mol. The van der Waals surface area contributed by atoms with Gasteiger partial charge in [0.25, 0.3) is 5.56 Å². The van der Waals surface area contributed by atoms with E-state index in [1.807, 2.05) is 31.2 Å². The maximum atomic E-state index is 14.1. The first-order valence-electron chi connectivity index (χ1n) is 12.8. The minimum absolute atomic E-state index is 0.0659. The molecule has 1 atom stereocenters. The smallest absolute Gasteiger partial charge is 0.333 e. The van der Waals surface area contributed by atoms with Gasteiger partial charge < -0.3 is 19.0 Å². The van der Waals surface area contributed by atoms with E-state index in [0.29, 0.717) is 34.4 Å². The van der Waals surface area contributed by atoms with Crippen molar-refractivity contribution in [3.8, 4) is 10.8 Å². The van der Waals surface area contributed by atoms with Crippen molar-refractivity contribution in [2.75, 3.05) is 13.2 Å². The van der Waals surface area contributed by atoms with Gasteiger partial charge in [0, 0.05) is 13.2 Å². The Labute approximate surface area is 228 Å². The second-order valence-corrected chi connectivity index (χ2v) is 11.3. The molecule has 0 bridgehead atoms. The molecule has 4 aromatic rings. The van der Waals surface area contributed by atoms with Gasteiger partial charge in [0.2, 0.25) is 5.89 Å². The fraction of sp³-hybridized carbons (Fsp3) is 0.429. The lowest BCUT2D eigenvalue weighted by atomic mass is 10.0. The number of rotatable bonds is 8. The normalized spacial score (nSPS) is 15.6. The van der Waals surface area contributed by atoms with E-state index in [1.165, 1.54) is 42.2 Å². The number of carboxylic acid groups (broad SMARTS) is 1. The largest absolute Gasteiger partial charge is 0.480 e. The number of aryl methyl sites for hydroxylation is 2. The highest BCUT2D eigenvalue weighted by molar-refractivity contribution is 7.22. The molecular formula is C28H31N3O7S. The highest BCUT2D eigenvalue weighted by Crippen LogP contribution is 2.37. The number of benzene rings is 1. The Morgan fingerprint density at radius 2 is 1.95 bits per heavy atom. The van der Waals surface area contributed by atoms with E-state index in [0.717, 1.165) is 28.5 Å². The quantitative estimate of drug-likeness (QED) is 0.343. The number of ether oxygens (including phenoxy) is 2. The highest BCUT2D eigenvalue weighted by atomic mass is 32.1. The Morgan fingerprint density at radius 1 is 1.23 bits per heavy atom. The van der Waals surface area contributed by atoms with E-state index in [-0.39, 0.29) is 18.0 Å². The minimum atomic E-state index is -1.79. The van der Waals surface area contributed by atoms with Crippen LogP contribution in [0.1, 0.15) is 49.5 Å². The van der Waals surface area contributed by atoms with Crippen molar-refractivity contribution in [2.45, 2.75) is 64.8 Å². The molecule has 0 aliphatic carbocycles. The number of carbonyl (C=O) groups is 1. The van der Waals surface area contributed by atoms with Crippen LogP contribution in [0.5, 0.6) is 0 Å². The lowest BCUT2D eigenvalue weighted by molar-refractivity contribution is -0.146. The van der Waals surface area contributed by atoms with Crippen LogP contribution < -0.4 is 11.2 Å². The first kappa shape index (κ1) is 27.0. The van der Waals surface area contributed by atoms with Gasteiger partial charge in [-0.1, -0.05) is 24.3 Å². The molecular weight excluding hydrogens is 522 g/mol. The summed E-state index contributed by atoms with van der Waals surface area (Å²) in [4.78, 5) is 45.3. The van der Waals surface area contributed by atoms with Crippen molar-refractivity contribution in [3.05, 3.63) is 74.3 Å². The maximum Gasteiger partial charge on any atom is 0.333 e. The van der Waals surface area contributed by atoms with Crippen LogP contribution in [0.3, 0.4) is 0 Å². The molecule has 1 N–H and O–H groups in total. The van der Waals surface area contributed by atoms with E-state index in [2.05, 4.69) is 4.98 Å². The molecule has 0 spiro atoms. The number of oxazole rings is 1. The molecule has 1 fully saturated rings. The van der Waals surface area contributed by atoms with Crippen LogP contribution in [0, 0.1) is 13.8 Å². The van der Waals surface area contributed by atoms with E-state index in [4.69, 9.17) is 13.9 Å². The Morgan fingerprint density at radius 3 is 2.59 bits per heavy atom. The Hall–Kier alpha value is -3.54. The zero-order valence-corrected chi connectivity index (χ0v) is 23.1. The molecule has 1 aliphatic rings. The number of hydrogen-bond donors (Lipinski definition) is 1. The van der Waals surface area contributed by atoms with E-state index in [1.54, 1.807) is 6.92 Å². The van der Waals surface area contributed by atoms with Gasteiger partial charge in [-0.25, -0.2) is 19.1 Å². The zero-order chi connectivity index (χ0) is 27.9. The Kier molecular flexibility index (Phi) is 7.32. The van der Waals surface area contributed by atoms with Crippen LogP contribution in [-0.2, 0) is 26.4 Å². The molecule has 1 saturated heterocycles. The van der Waals surface area contributed by atoms with Crippen LogP contribution in [0.2, 0.25) is 0 Å². The van der Waals surface area contributed by atoms with E-state index < -0.39 is 28.9 Å². The number of fused-ring (bicyclic) bond motifs is 1. The first-order valence-corrected chi connectivity index (χ1v) is 13.6. The summed E-state index contributed by atoms with van der Waals surface area (Å²) in [5.41, 5.74) is -0.677. The lowest BCUT2D eigenvalue weighted by Gasteiger charge is -2.30. The van der Waals surface area contributed by atoms with Crippen molar-refractivity contribution in [3.63, 3.8) is 0 Å². The Balaban J connectivity index is 1.75. The molecule has 1 aliphatic heterocycles. The van der Waals surface area contributed by atoms with Crippen molar-refractivity contribution in [1.82, 2.24) is 14.1 Å². The molecule has 5 rings (SSSR count). The summed E-state index contributed by atoms with van der Waals surface area (Å²) < 4.78 is 19.9. The van der Waals surface area contributed by atoms with Gasteiger partial charge in [0.05, 0.1) is 29.1 Å². The molecule has 0 radical (unpaired) electrons. The van der Waals surface area contributed by atoms with Crippen molar-refractivity contribution >= 4 is 27.5 Å². The third kappa shape index (κ3) is 4.86. The summed E-state index contributed by atoms with van der Waals surface area (Å²) in [5, 5.41) is 10.2. The monoisotopic (exact) mass is 553 g/mol. The minimum Gasteiger partial charge on any atom is -0.480 e. The summed E-state index contributed by atoms with van der Waals surface area (Å²) in [6.45, 7) is 7.71. The molecule has 0 saturated carbocycles. The van der Waals surface area contributed by atoms with Gasteiger partial charge in [0.15, 0.2) is 0 Å². The second kappa shape index (κ2) is 10.6. The zero-order valence-electron chi connectivity index (χ0n) is 22.3. The molecule has 1 aromatic carbocycles. The molecule has 39 heavy (non-hydrogen) atoms. The topological polar surface area (TPSA) is 126 Å². The molecule has 4 heterocycles. The number of aromatic nitrogens is 3. The van der Waals surface area contributed by atoms with Crippen LogP contribution in [0.25, 0.3) is 21.0 Å². The maximum absolute atomic E-state index is 14.1. The van der Waals surface area contributed by atoms with Gasteiger partial charge >= 0.3 is 11.7 Å². The summed E-state index contributed by atoms with van der Waals surface area (Å²) in [6, 6.07) is 7.82. The molecule has 11 heteroatoms. The first-order chi connectivity index (χ1) is 18.6. The standard InChI is InChI=1S/C28H31N3O7S/c1-16-7-5-6-8-19(16)20(38-18-9-12-36-13-10-18)15-30-25-21(17(2)22(39-25)23-29-11-14-37-23)24(32)31(27(30)35)28(3,4)26(33)34/h5-8,11,14,18,20H,9-10,12-13,15H2,1-4H3,(H,33,34)/t20-/m0/s1. The van der Waals surface area contributed by atoms with Crippen LogP contribution in [0.4, 0.5) is 0 Å². The highest BCUT2D eigenvalue weighted by Gasteiger charge is 2.36. The third-order valence-electron chi connectivity index (χ3n) is 7.33. The fourth-order valence-electron chi connectivity index (χ4n) is 5.01. The fourth-order valence-corrected chi connectivity index (χ4v) is 6.25. The summed E-state index contributed by atoms with van der Waals surface area (Å²) in [5.74, 6) is -0.965. The molecule has 3 aromatic heterocycles. The van der Waals surface area contributed by atoms with Crippen LogP contribution in [-0.4, -0.2) is 44.5 Å². The number of carboxylic acids is 1. The number of aliphatic carboxylic acids is 1. The summed E-state index contributed by atoms with van der Waals surface area (Å²) >= 11 is 1.22. The third-order valence-corrected chi connectivity index (χ3v) is 8.63. The molecule has 0 amide bonds. The number of thiophene rings is 1. The van der Waals surface area contributed by atoms with Crippen LogP contribution in [0.15, 0.2) is 50.7 Å². The van der Waals surface area contributed by atoms with Gasteiger partial charge in [-0.3, -0.25) is 9.36 Å². The van der Waals surface area contributed by atoms with Crippen molar-refractivity contribution < 1.29 is 23.8 Å². The van der Waals surface area contributed by atoms with Crippen molar-refractivity contribution in [1.29, 1.82) is 0 Å². The van der Waals surface area contributed by atoms with Gasteiger partial charge in [-0.05, 0) is 57.2 Å².